The minimum Gasteiger partial charge on any atom is -0.256 e. The van der Waals surface area contributed by atoms with Crippen molar-refractivity contribution in [1.82, 2.24) is 19.9 Å². The first kappa shape index (κ1) is 18.3. The fourth-order valence-corrected chi connectivity index (χ4v) is 3.69. The monoisotopic (exact) mass is 413 g/mol. The lowest BCUT2D eigenvalue weighted by Gasteiger charge is -2.12. The highest BCUT2D eigenvalue weighted by molar-refractivity contribution is 6.30. The fourth-order valence-electron chi connectivity index (χ4n) is 3.51. The number of fused-ring (bicyclic) bond motifs is 2. The molecule has 0 fully saturated rings. The van der Waals surface area contributed by atoms with Crippen LogP contribution < -0.4 is 0 Å². The molecular weight excluding hydrogens is 401 g/mol. The Hall–Kier alpha value is -3.77. The Morgan fingerprint density at radius 2 is 1.67 bits per heavy atom. The first-order valence-electron chi connectivity index (χ1n) is 9.08. The highest BCUT2D eigenvalue weighted by Crippen LogP contribution is 2.36. The predicted molar refractivity (Wildman–Crippen MR) is 118 cm³/mol. The average molecular weight is 414 g/mol. The van der Waals surface area contributed by atoms with Crippen LogP contribution in [0.4, 0.5) is 10.2 Å². The SMILES string of the molecule is C=Nc1nccc2c(-c3cc(-c4cc(Cl)ccc4F)nc4ncccc34)nccc12. The van der Waals surface area contributed by atoms with E-state index in [9.17, 15) is 4.39 Å². The molecule has 0 spiro atoms. The molecule has 0 saturated carbocycles. The number of benzene rings is 1. The summed E-state index contributed by atoms with van der Waals surface area (Å²) >= 11 is 6.11. The topological polar surface area (TPSA) is 63.9 Å². The summed E-state index contributed by atoms with van der Waals surface area (Å²) in [6.07, 6.45) is 5.00. The fraction of sp³-hybridized carbons (Fsp3) is 0. The third-order valence-electron chi connectivity index (χ3n) is 4.86. The van der Waals surface area contributed by atoms with E-state index < -0.39 is 5.82 Å². The molecule has 0 aliphatic rings. The van der Waals surface area contributed by atoms with Crippen molar-refractivity contribution in [3.63, 3.8) is 0 Å². The number of nitrogens with zero attached hydrogens (tertiary/aromatic N) is 5. The molecule has 5 nitrogen and oxygen atoms in total. The van der Waals surface area contributed by atoms with Gasteiger partial charge in [0, 0.05) is 50.9 Å². The normalized spacial score (nSPS) is 11.1. The lowest BCUT2D eigenvalue weighted by molar-refractivity contribution is 0.631. The van der Waals surface area contributed by atoms with Gasteiger partial charge in [-0.3, -0.25) is 4.98 Å². The van der Waals surface area contributed by atoms with Gasteiger partial charge in [-0.05, 0) is 55.2 Å². The van der Waals surface area contributed by atoms with Gasteiger partial charge in [-0.1, -0.05) is 11.6 Å². The Bertz CT molecular complexity index is 1450. The maximum atomic E-state index is 14.6. The second-order valence-corrected chi connectivity index (χ2v) is 7.04. The van der Waals surface area contributed by atoms with Crippen LogP contribution in [0.1, 0.15) is 0 Å². The van der Waals surface area contributed by atoms with Crippen LogP contribution in [0.2, 0.25) is 5.02 Å². The van der Waals surface area contributed by atoms with Gasteiger partial charge in [0.1, 0.15) is 5.82 Å². The standard InChI is InChI=1S/C23H13ClFN5/c1-26-22-16-7-9-27-21(14(16)6-10-29-22)17-12-20(18-11-13(24)4-5-19(18)25)30-23-15(17)3-2-8-28-23/h2-12H,1H2. The van der Waals surface area contributed by atoms with Crippen molar-refractivity contribution in [2.75, 3.05) is 0 Å². The molecule has 0 amide bonds. The molecule has 0 unspecified atom stereocenters. The van der Waals surface area contributed by atoms with E-state index in [1.807, 2.05) is 30.3 Å². The second kappa shape index (κ2) is 7.24. The zero-order valence-electron chi connectivity index (χ0n) is 15.5. The van der Waals surface area contributed by atoms with Crippen LogP contribution in [0, 0.1) is 5.82 Å². The molecule has 144 valence electrons. The molecule has 0 saturated heterocycles. The Morgan fingerprint density at radius 3 is 2.53 bits per heavy atom. The third kappa shape index (κ3) is 2.98. The van der Waals surface area contributed by atoms with E-state index >= 15 is 0 Å². The van der Waals surface area contributed by atoms with Crippen molar-refractivity contribution in [3.05, 3.63) is 78.0 Å². The molecule has 0 aliphatic heterocycles. The van der Waals surface area contributed by atoms with Crippen LogP contribution in [0.25, 0.3) is 44.3 Å². The van der Waals surface area contributed by atoms with E-state index in [-0.39, 0.29) is 0 Å². The lowest BCUT2D eigenvalue weighted by atomic mass is 9.99. The predicted octanol–water partition coefficient (Wildman–Crippen LogP) is 6.03. The van der Waals surface area contributed by atoms with Crippen LogP contribution in [-0.4, -0.2) is 26.7 Å². The number of hydrogen-bond acceptors (Lipinski definition) is 5. The number of pyridine rings is 4. The molecule has 4 aromatic heterocycles. The first-order valence-corrected chi connectivity index (χ1v) is 9.45. The summed E-state index contributed by atoms with van der Waals surface area (Å²) in [5.41, 5.74) is 2.68. The van der Waals surface area contributed by atoms with Crippen LogP contribution in [0.15, 0.2) is 72.1 Å². The molecule has 0 bridgehead atoms. The zero-order chi connectivity index (χ0) is 20.7. The van der Waals surface area contributed by atoms with Crippen molar-refractivity contribution < 1.29 is 4.39 Å². The number of aliphatic imine (C=N–C) groups is 1. The molecule has 0 atom stereocenters. The highest BCUT2D eigenvalue weighted by Gasteiger charge is 2.16. The summed E-state index contributed by atoms with van der Waals surface area (Å²) < 4.78 is 14.6. The second-order valence-electron chi connectivity index (χ2n) is 6.60. The molecule has 7 heteroatoms. The minimum absolute atomic E-state index is 0.298. The van der Waals surface area contributed by atoms with Gasteiger partial charge in [0.2, 0.25) is 0 Å². The van der Waals surface area contributed by atoms with E-state index in [0.717, 1.165) is 21.7 Å². The van der Waals surface area contributed by atoms with E-state index in [4.69, 9.17) is 11.6 Å². The van der Waals surface area contributed by atoms with Crippen molar-refractivity contribution in [2.45, 2.75) is 0 Å². The van der Waals surface area contributed by atoms with Crippen molar-refractivity contribution in [1.29, 1.82) is 0 Å². The maximum Gasteiger partial charge on any atom is 0.160 e. The van der Waals surface area contributed by atoms with Crippen LogP contribution in [-0.2, 0) is 0 Å². The third-order valence-corrected chi connectivity index (χ3v) is 5.10. The maximum absolute atomic E-state index is 14.6. The van der Waals surface area contributed by atoms with Gasteiger partial charge in [-0.2, -0.15) is 0 Å². The summed E-state index contributed by atoms with van der Waals surface area (Å²) in [4.78, 5) is 21.8. The van der Waals surface area contributed by atoms with Crippen molar-refractivity contribution in [3.8, 4) is 22.5 Å². The van der Waals surface area contributed by atoms with Gasteiger partial charge in [-0.15, -0.1) is 0 Å². The van der Waals surface area contributed by atoms with Gasteiger partial charge in [-0.25, -0.2) is 24.3 Å². The van der Waals surface area contributed by atoms with Gasteiger partial charge in [0.15, 0.2) is 11.5 Å². The lowest BCUT2D eigenvalue weighted by Crippen LogP contribution is -1.95. The zero-order valence-corrected chi connectivity index (χ0v) is 16.3. The number of aromatic nitrogens is 4. The number of hydrogen-bond donors (Lipinski definition) is 0. The molecule has 5 rings (SSSR count). The van der Waals surface area contributed by atoms with E-state index in [1.54, 1.807) is 24.7 Å². The van der Waals surface area contributed by atoms with Crippen LogP contribution in [0.3, 0.4) is 0 Å². The summed E-state index contributed by atoms with van der Waals surface area (Å²) in [5.74, 6) is 0.107. The largest absolute Gasteiger partial charge is 0.256 e. The minimum atomic E-state index is -0.415. The first-order chi connectivity index (χ1) is 14.7. The molecule has 0 aliphatic carbocycles. The Kier molecular flexibility index (Phi) is 4.41. The summed E-state index contributed by atoms with van der Waals surface area (Å²) in [5, 5.41) is 2.89. The van der Waals surface area contributed by atoms with Gasteiger partial charge >= 0.3 is 0 Å². The Morgan fingerprint density at radius 1 is 0.833 bits per heavy atom. The van der Waals surface area contributed by atoms with Gasteiger partial charge < -0.3 is 0 Å². The highest BCUT2D eigenvalue weighted by atomic mass is 35.5. The molecule has 30 heavy (non-hydrogen) atoms. The number of rotatable bonds is 3. The average Bonchev–Trinajstić information content (AvgIpc) is 2.79. The summed E-state index contributed by atoms with van der Waals surface area (Å²) in [7, 11) is 0. The summed E-state index contributed by atoms with van der Waals surface area (Å²) in [6, 6.07) is 13.6. The molecular formula is C23H13ClFN5. The van der Waals surface area contributed by atoms with Crippen molar-refractivity contribution in [2.24, 2.45) is 4.99 Å². The summed E-state index contributed by atoms with van der Waals surface area (Å²) in [6.45, 7) is 3.60. The van der Waals surface area contributed by atoms with Crippen LogP contribution >= 0.6 is 11.6 Å². The van der Waals surface area contributed by atoms with Crippen LogP contribution in [0.5, 0.6) is 0 Å². The molecule has 5 aromatic rings. The Labute approximate surface area is 176 Å². The molecule has 4 heterocycles. The van der Waals surface area contributed by atoms with Gasteiger partial charge in [0.05, 0.1) is 11.4 Å². The number of halogens is 2. The van der Waals surface area contributed by atoms with E-state index in [0.29, 0.717) is 33.4 Å². The van der Waals surface area contributed by atoms with Crippen molar-refractivity contribution >= 4 is 45.9 Å². The molecule has 0 radical (unpaired) electrons. The Balaban J connectivity index is 1.87. The molecule has 1 aromatic carbocycles. The van der Waals surface area contributed by atoms with E-state index in [1.165, 1.54) is 12.1 Å². The van der Waals surface area contributed by atoms with Gasteiger partial charge in [0.25, 0.3) is 0 Å². The smallest absolute Gasteiger partial charge is 0.160 e. The van der Waals surface area contributed by atoms with E-state index in [2.05, 4.69) is 31.6 Å². The molecule has 0 N–H and O–H groups in total. The quantitative estimate of drug-likeness (QED) is 0.339.